The summed E-state index contributed by atoms with van der Waals surface area (Å²) in [5.74, 6) is -1.85. The third kappa shape index (κ3) is 4.58. The van der Waals surface area contributed by atoms with E-state index in [-0.39, 0.29) is 36.1 Å². The van der Waals surface area contributed by atoms with Gasteiger partial charge in [-0.15, -0.1) is 0 Å². The number of carboxylic acids is 1. The summed E-state index contributed by atoms with van der Waals surface area (Å²) in [5, 5.41) is 22.1. The van der Waals surface area contributed by atoms with Crippen LogP contribution < -0.4 is 10.5 Å². The molecule has 10 heteroatoms. The van der Waals surface area contributed by atoms with E-state index in [1.807, 2.05) is 31.2 Å². The van der Waals surface area contributed by atoms with E-state index in [0.717, 1.165) is 72.0 Å². The molecular weight excluding hydrogens is 524 g/mol. The molecule has 5 aliphatic heterocycles. The van der Waals surface area contributed by atoms with E-state index in [2.05, 4.69) is 12.1 Å². The molecule has 4 fully saturated rings. The highest BCUT2D eigenvalue weighted by molar-refractivity contribution is 6.00. The summed E-state index contributed by atoms with van der Waals surface area (Å²) >= 11 is 0. The average molecular weight is 565 g/mol. The van der Waals surface area contributed by atoms with E-state index in [1.54, 1.807) is 6.92 Å². The molecule has 4 atom stereocenters. The van der Waals surface area contributed by atoms with Gasteiger partial charge in [-0.2, -0.15) is 0 Å². The third-order valence-corrected chi connectivity index (χ3v) is 10.4. The van der Waals surface area contributed by atoms with E-state index >= 15 is 0 Å². The highest BCUT2D eigenvalue weighted by Gasteiger charge is 2.60. The van der Waals surface area contributed by atoms with Crippen LogP contribution in [-0.4, -0.2) is 113 Å². The first-order valence-corrected chi connectivity index (χ1v) is 14.6. The molecule has 0 spiro atoms. The Morgan fingerprint density at radius 1 is 1.05 bits per heavy atom. The van der Waals surface area contributed by atoms with E-state index in [9.17, 15) is 24.6 Å². The molecule has 0 aromatic heterocycles. The lowest BCUT2D eigenvalue weighted by Gasteiger charge is -2.55. The first kappa shape index (κ1) is 27.7. The number of hydrogen-bond acceptors (Lipinski definition) is 5. The minimum absolute atomic E-state index is 0.0132. The fraction of sp³-hybridized carbons (Fsp3) is 0.516. The van der Waals surface area contributed by atoms with Gasteiger partial charge in [0.25, 0.3) is 5.91 Å². The van der Waals surface area contributed by atoms with Crippen molar-refractivity contribution in [2.75, 3.05) is 59.0 Å². The number of fused-ring (bicyclic) bond motifs is 5. The van der Waals surface area contributed by atoms with Crippen molar-refractivity contribution in [2.24, 2.45) is 17.6 Å². The molecule has 0 unspecified atom stereocenters. The highest BCUT2D eigenvalue weighted by Crippen LogP contribution is 2.47. The summed E-state index contributed by atoms with van der Waals surface area (Å²) < 4.78 is 8.21. The van der Waals surface area contributed by atoms with Crippen molar-refractivity contribution in [2.45, 2.75) is 32.4 Å². The minimum atomic E-state index is -1.15. The molecule has 7 rings (SSSR count). The average Bonchev–Trinajstić information content (AvgIpc) is 3.19. The van der Waals surface area contributed by atoms with Crippen LogP contribution in [0.25, 0.3) is 10.8 Å². The molecule has 5 heterocycles. The number of aliphatic carboxylic acids is 1. The van der Waals surface area contributed by atoms with Crippen LogP contribution in [0.3, 0.4) is 0 Å². The molecule has 2 aromatic rings. The monoisotopic (exact) mass is 564 g/mol. The van der Waals surface area contributed by atoms with Crippen LogP contribution in [0, 0.1) is 11.8 Å². The van der Waals surface area contributed by atoms with E-state index in [0.29, 0.717) is 17.9 Å². The lowest BCUT2D eigenvalue weighted by molar-refractivity contribution is -1.08. The maximum atomic E-state index is 12.7. The van der Waals surface area contributed by atoms with Gasteiger partial charge in [-0.25, -0.2) is 4.79 Å². The maximum absolute atomic E-state index is 12.7. The number of nitrogens with zero attached hydrogens (tertiary/aromatic N) is 3. The second-order valence-electron chi connectivity index (χ2n) is 12.6. The number of rotatable bonds is 10. The Kier molecular flexibility index (Phi) is 6.83. The number of piperazine rings is 3. The zero-order valence-corrected chi connectivity index (χ0v) is 23.8. The Morgan fingerprint density at radius 2 is 1.68 bits per heavy atom. The summed E-state index contributed by atoms with van der Waals surface area (Å²) in [7, 11) is 0. The van der Waals surface area contributed by atoms with Gasteiger partial charge in [0.1, 0.15) is 57.3 Å². The first-order valence-electron chi connectivity index (χ1n) is 14.6. The molecule has 5 aliphatic rings. The van der Waals surface area contributed by atoms with E-state index in [1.165, 1.54) is 10.5 Å². The molecule has 0 aliphatic carbocycles. The number of nitrogens with two attached hydrogens (primary N) is 1. The van der Waals surface area contributed by atoms with Crippen molar-refractivity contribution in [1.29, 1.82) is 0 Å². The summed E-state index contributed by atoms with van der Waals surface area (Å²) in [4.78, 5) is 37.8. The number of carboxylic acid groups (broad SMARTS) is 1. The predicted octanol–water partition coefficient (Wildman–Crippen LogP) is 1.10. The fourth-order valence-corrected chi connectivity index (χ4v) is 7.88. The molecular formula is C31H40N4O6+2. The number of ether oxygens (including phenoxy) is 1. The molecule has 10 nitrogen and oxygen atoms in total. The van der Waals surface area contributed by atoms with Gasteiger partial charge in [-0.1, -0.05) is 37.3 Å². The van der Waals surface area contributed by atoms with Crippen LogP contribution in [0.1, 0.15) is 19.4 Å². The summed E-state index contributed by atoms with van der Waals surface area (Å²) in [6, 6.07) is 11.9. The number of carbonyl (C=O) groups excluding carboxylic acids is 2. The van der Waals surface area contributed by atoms with Crippen LogP contribution in [-0.2, 0) is 20.8 Å². The number of benzene rings is 2. The van der Waals surface area contributed by atoms with E-state index in [4.69, 9.17) is 10.5 Å². The van der Waals surface area contributed by atoms with Crippen molar-refractivity contribution < 1.29 is 38.3 Å². The normalized spacial score (nSPS) is 31.2. The van der Waals surface area contributed by atoms with Crippen molar-refractivity contribution in [3.8, 4) is 5.75 Å². The van der Waals surface area contributed by atoms with Gasteiger partial charge >= 0.3 is 5.97 Å². The summed E-state index contributed by atoms with van der Waals surface area (Å²) in [6.45, 7) is 11.3. The number of aliphatic hydroxyl groups excluding tert-OH is 1. The first-order chi connectivity index (χ1) is 19.5. The Morgan fingerprint density at radius 3 is 2.32 bits per heavy atom. The Bertz CT molecular complexity index is 1430. The molecule has 0 saturated carbocycles. The van der Waals surface area contributed by atoms with E-state index < -0.39 is 18.0 Å². The van der Waals surface area contributed by atoms with Gasteiger partial charge in [-0.3, -0.25) is 9.59 Å². The number of quaternary nitrogens is 2. The SMILES string of the molecule is C[C@@H](O)[C@H]1C(=O)N2C(C(=O)O)=C(COc3cccc4c(CC[N+]56CC[N+](CC(N)=O)(CC5)CC6)cccc34)[C@H](C)[C@H]12. The number of carbonyl (C=O) groups is 3. The number of amides is 2. The second kappa shape index (κ2) is 10.1. The molecule has 0 radical (unpaired) electrons. The van der Waals surface area contributed by atoms with Crippen molar-refractivity contribution in [1.82, 2.24) is 4.90 Å². The number of β-lactam (4-membered cyclic amide) rings is 1. The standard InChI is InChI=1S/C31H38N4O6/c1-19-24(29(31(39)40)33-28(19)27(20(2)36)30(33)38)18-41-25-8-4-6-22-21(5-3-7-23(22)25)9-10-34-11-14-35(15-12-34,16-13-34)17-26(32)37/h3-8,19-20,27-28,36H,9-18H2,1-2H3,(H-2,32,37,39,40)/p+2/t19-,20+,27+,28+,34?,35?/m0/s1. The molecule has 2 amide bonds. The maximum Gasteiger partial charge on any atom is 0.352 e. The van der Waals surface area contributed by atoms with Crippen LogP contribution in [0.15, 0.2) is 47.7 Å². The highest BCUT2D eigenvalue weighted by atomic mass is 16.5. The van der Waals surface area contributed by atoms with Crippen molar-refractivity contribution in [3.05, 3.63) is 53.2 Å². The number of primary amides is 1. The zero-order valence-electron chi connectivity index (χ0n) is 23.8. The van der Waals surface area contributed by atoms with Crippen LogP contribution in [0.2, 0.25) is 0 Å². The topological polar surface area (TPSA) is 130 Å². The minimum Gasteiger partial charge on any atom is -0.488 e. The van der Waals surface area contributed by atoms with Gasteiger partial charge in [0.15, 0.2) is 6.54 Å². The fourth-order valence-electron chi connectivity index (χ4n) is 7.88. The summed E-state index contributed by atoms with van der Waals surface area (Å²) in [6.07, 6.45) is 0.0942. The Balaban J connectivity index is 1.18. The Hall–Kier alpha value is -3.47. The number of aliphatic hydroxyl groups is 1. The van der Waals surface area contributed by atoms with Gasteiger partial charge in [0.2, 0.25) is 5.91 Å². The lowest BCUT2D eigenvalue weighted by atomic mass is 9.78. The smallest absolute Gasteiger partial charge is 0.352 e. The van der Waals surface area contributed by atoms with Gasteiger partial charge in [0.05, 0.1) is 24.6 Å². The van der Waals surface area contributed by atoms with Crippen molar-refractivity contribution in [3.63, 3.8) is 0 Å². The lowest BCUT2D eigenvalue weighted by Crippen LogP contribution is -2.76. The van der Waals surface area contributed by atoms with Gasteiger partial charge in [0, 0.05) is 23.3 Å². The van der Waals surface area contributed by atoms with Crippen LogP contribution >= 0.6 is 0 Å². The van der Waals surface area contributed by atoms with Crippen LogP contribution in [0.5, 0.6) is 5.75 Å². The molecule has 4 N–H and O–H groups in total. The molecule has 41 heavy (non-hydrogen) atoms. The van der Waals surface area contributed by atoms with Crippen molar-refractivity contribution >= 4 is 28.6 Å². The molecule has 2 aromatic carbocycles. The predicted molar refractivity (Wildman–Crippen MR) is 151 cm³/mol. The third-order valence-electron chi connectivity index (χ3n) is 10.4. The zero-order chi connectivity index (χ0) is 29.1. The summed E-state index contributed by atoms with van der Waals surface area (Å²) in [5.41, 5.74) is 7.34. The quantitative estimate of drug-likeness (QED) is 0.293. The van der Waals surface area contributed by atoms with Crippen LogP contribution in [0.4, 0.5) is 0 Å². The van der Waals surface area contributed by atoms with Gasteiger partial charge < -0.3 is 34.5 Å². The second-order valence-corrected chi connectivity index (χ2v) is 12.6. The number of hydrogen-bond donors (Lipinski definition) is 3. The molecule has 4 saturated heterocycles. The van der Waals surface area contributed by atoms with Gasteiger partial charge in [-0.05, 0) is 23.9 Å². The largest absolute Gasteiger partial charge is 0.488 e. The molecule has 2 bridgehead atoms. The Labute approximate surface area is 239 Å². The molecule has 218 valence electrons.